The molecule has 33 heavy (non-hydrogen) atoms. The number of benzene rings is 3. The summed E-state index contributed by atoms with van der Waals surface area (Å²) in [5.41, 5.74) is 4.76. The molecule has 6 heteroatoms. The molecule has 0 radical (unpaired) electrons. The third kappa shape index (κ3) is 5.93. The van der Waals surface area contributed by atoms with Crippen LogP contribution >= 0.6 is 11.6 Å². The van der Waals surface area contributed by atoms with Crippen molar-refractivity contribution in [1.82, 2.24) is 4.90 Å². The number of hydrogen-bond acceptors (Lipinski definition) is 3. The van der Waals surface area contributed by atoms with Crippen molar-refractivity contribution in [2.45, 2.75) is 19.8 Å². The lowest BCUT2D eigenvalue weighted by Crippen LogP contribution is -2.48. The molecule has 0 unspecified atom stereocenters. The van der Waals surface area contributed by atoms with Gasteiger partial charge in [0, 0.05) is 48.1 Å². The van der Waals surface area contributed by atoms with Gasteiger partial charge in [0.05, 0.1) is 6.42 Å². The van der Waals surface area contributed by atoms with Gasteiger partial charge in [-0.1, -0.05) is 42.8 Å². The lowest BCUT2D eigenvalue weighted by Gasteiger charge is -2.36. The SMILES string of the molecule is CCc1ccc(C(=O)N2CCN(c3ccc(NC(=O)Cc4ccc(Cl)cc4)cc3)CC2)cc1. The Labute approximate surface area is 200 Å². The second-order valence-electron chi connectivity index (χ2n) is 8.23. The molecule has 1 aliphatic heterocycles. The molecule has 0 atom stereocenters. The minimum atomic E-state index is -0.0656. The molecule has 1 saturated heterocycles. The highest BCUT2D eigenvalue weighted by Gasteiger charge is 2.22. The maximum absolute atomic E-state index is 12.8. The normalized spacial score (nSPS) is 13.6. The lowest BCUT2D eigenvalue weighted by atomic mass is 10.1. The second-order valence-corrected chi connectivity index (χ2v) is 8.66. The minimum Gasteiger partial charge on any atom is -0.368 e. The van der Waals surface area contributed by atoms with Gasteiger partial charge in [0.25, 0.3) is 5.91 Å². The largest absolute Gasteiger partial charge is 0.368 e. The van der Waals surface area contributed by atoms with Crippen molar-refractivity contribution in [3.05, 3.63) is 94.5 Å². The Morgan fingerprint density at radius 2 is 1.42 bits per heavy atom. The summed E-state index contributed by atoms with van der Waals surface area (Å²) >= 11 is 5.89. The summed E-state index contributed by atoms with van der Waals surface area (Å²) in [7, 11) is 0. The maximum Gasteiger partial charge on any atom is 0.253 e. The molecule has 1 N–H and O–H groups in total. The van der Waals surface area contributed by atoms with Gasteiger partial charge in [-0.25, -0.2) is 0 Å². The average Bonchev–Trinajstić information content (AvgIpc) is 2.85. The van der Waals surface area contributed by atoms with E-state index in [9.17, 15) is 9.59 Å². The summed E-state index contributed by atoms with van der Waals surface area (Å²) in [6, 6.07) is 23.1. The van der Waals surface area contributed by atoms with Gasteiger partial charge in [-0.15, -0.1) is 0 Å². The van der Waals surface area contributed by atoms with Gasteiger partial charge < -0.3 is 15.1 Å². The molecule has 1 aliphatic rings. The van der Waals surface area contributed by atoms with Crippen LogP contribution in [0.4, 0.5) is 11.4 Å². The van der Waals surface area contributed by atoms with E-state index >= 15 is 0 Å². The smallest absolute Gasteiger partial charge is 0.253 e. The van der Waals surface area contributed by atoms with Crippen molar-refractivity contribution >= 4 is 34.8 Å². The molecule has 1 heterocycles. The predicted molar refractivity (Wildman–Crippen MR) is 134 cm³/mol. The van der Waals surface area contributed by atoms with Crippen LogP contribution in [0.1, 0.15) is 28.4 Å². The molecule has 5 nitrogen and oxygen atoms in total. The van der Waals surface area contributed by atoms with Crippen LogP contribution in [0.15, 0.2) is 72.8 Å². The van der Waals surface area contributed by atoms with Crippen molar-refractivity contribution in [3.63, 3.8) is 0 Å². The highest BCUT2D eigenvalue weighted by Crippen LogP contribution is 2.21. The van der Waals surface area contributed by atoms with Crippen molar-refractivity contribution in [3.8, 4) is 0 Å². The van der Waals surface area contributed by atoms with Crippen LogP contribution < -0.4 is 10.2 Å². The Bertz CT molecular complexity index is 1090. The molecule has 170 valence electrons. The fourth-order valence-electron chi connectivity index (χ4n) is 3.98. The maximum atomic E-state index is 12.8. The van der Waals surface area contributed by atoms with Crippen molar-refractivity contribution in [2.75, 3.05) is 36.4 Å². The van der Waals surface area contributed by atoms with Crippen LogP contribution in [0.25, 0.3) is 0 Å². The monoisotopic (exact) mass is 461 g/mol. The quantitative estimate of drug-likeness (QED) is 0.559. The van der Waals surface area contributed by atoms with E-state index in [2.05, 4.69) is 17.1 Å². The number of nitrogens with zero attached hydrogens (tertiary/aromatic N) is 2. The van der Waals surface area contributed by atoms with Gasteiger partial charge in [0.15, 0.2) is 0 Å². The number of nitrogens with one attached hydrogen (secondary N) is 1. The van der Waals surface area contributed by atoms with Crippen LogP contribution in [0, 0.1) is 0 Å². The van der Waals surface area contributed by atoms with Gasteiger partial charge in [0.1, 0.15) is 0 Å². The lowest BCUT2D eigenvalue weighted by molar-refractivity contribution is -0.115. The highest BCUT2D eigenvalue weighted by molar-refractivity contribution is 6.30. The Morgan fingerprint density at radius 3 is 2.03 bits per heavy atom. The zero-order valence-electron chi connectivity index (χ0n) is 18.8. The molecule has 1 fully saturated rings. The predicted octanol–water partition coefficient (Wildman–Crippen LogP) is 5.05. The first-order valence-corrected chi connectivity index (χ1v) is 11.7. The van der Waals surface area contributed by atoms with Gasteiger partial charge in [-0.05, 0) is 66.1 Å². The fourth-order valence-corrected chi connectivity index (χ4v) is 4.11. The van der Waals surface area contributed by atoms with Gasteiger partial charge in [-0.3, -0.25) is 9.59 Å². The number of aryl methyl sites for hydroxylation is 1. The fraction of sp³-hybridized carbons (Fsp3) is 0.259. The van der Waals surface area contributed by atoms with E-state index in [0.29, 0.717) is 24.5 Å². The number of amides is 2. The Hall–Kier alpha value is -3.31. The van der Waals surface area contributed by atoms with Crippen molar-refractivity contribution in [2.24, 2.45) is 0 Å². The topological polar surface area (TPSA) is 52.7 Å². The molecular weight excluding hydrogens is 434 g/mol. The van der Waals surface area contributed by atoms with Gasteiger partial charge in [0.2, 0.25) is 5.91 Å². The van der Waals surface area contributed by atoms with E-state index in [-0.39, 0.29) is 11.8 Å². The summed E-state index contributed by atoms with van der Waals surface area (Å²) in [5.74, 6) is 0.0280. The minimum absolute atomic E-state index is 0.0656. The summed E-state index contributed by atoms with van der Waals surface area (Å²) in [6.45, 7) is 5.04. The number of anilines is 2. The Balaban J connectivity index is 1.28. The van der Waals surface area contributed by atoms with Gasteiger partial charge in [-0.2, -0.15) is 0 Å². The second kappa shape index (κ2) is 10.5. The Morgan fingerprint density at radius 1 is 0.818 bits per heavy atom. The molecule has 0 saturated carbocycles. The molecule has 3 aromatic rings. The van der Waals surface area contributed by atoms with E-state index in [1.54, 1.807) is 12.1 Å². The third-order valence-electron chi connectivity index (χ3n) is 5.97. The summed E-state index contributed by atoms with van der Waals surface area (Å²) in [6.07, 6.45) is 1.27. The number of carbonyl (C=O) groups is 2. The molecule has 3 aromatic carbocycles. The first-order chi connectivity index (χ1) is 16.0. The van der Waals surface area contributed by atoms with E-state index < -0.39 is 0 Å². The summed E-state index contributed by atoms with van der Waals surface area (Å²) in [4.78, 5) is 29.3. The van der Waals surface area contributed by atoms with Crippen molar-refractivity contribution < 1.29 is 9.59 Å². The van der Waals surface area contributed by atoms with Crippen LogP contribution in [-0.2, 0) is 17.6 Å². The molecule has 0 spiro atoms. The number of piperazine rings is 1. The molecule has 2 amide bonds. The summed E-state index contributed by atoms with van der Waals surface area (Å²) in [5, 5.41) is 3.60. The molecule has 4 rings (SSSR count). The standard InChI is InChI=1S/C27H28ClN3O2/c1-2-20-3-7-22(8-4-20)27(33)31-17-15-30(16-18-31)25-13-11-24(12-14-25)29-26(32)19-21-5-9-23(28)10-6-21/h3-14H,2,15-19H2,1H3,(H,29,32). The van der Waals surface area contributed by atoms with E-state index in [1.807, 2.05) is 65.6 Å². The number of carbonyl (C=O) groups excluding carboxylic acids is 2. The van der Waals surface area contributed by atoms with Crippen LogP contribution in [0.3, 0.4) is 0 Å². The summed E-state index contributed by atoms with van der Waals surface area (Å²) < 4.78 is 0. The molecule has 0 aliphatic carbocycles. The van der Waals surface area contributed by atoms with E-state index in [4.69, 9.17) is 11.6 Å². The number of halogens is 1. The molecular formula is C27H28ClN3O2. The Kier molecular flexibility index (Phi) is 7.30. The zero-order chi connectivity index (χ0) is 23.2. The van der Waals surface area contributed by atoms with E-state index in [0.717, 1.165) is 42.0 Å². The van der Waals surface area contributed by atoms with E-state index in [1.165, 1.54) is 5.56 Å². The first kappa shape index (κ1) is 22.9. The van der Waals surface area contributed by atoms with Gasteiger partial charge >= 0.3 is 0 Å². The first-order valence-electron chi connectivity index (χ1n) is 11.3. The number of rotatable bonds is 6. The molecule has 0 aromatic heterocycles. The zero-order valence-corrected chi connectivity index (χ0v) is 19.5. The third-order valence-corrected chi connectivity index (χ3v) is 6.22. The van der Waals surface area contributed by atoms with Crippen LogP contribution in [0.2, 0.25) is 5.02 Å². The van der Waals surface area contributed by atoms with Crippen LogP contribution in [-0.4, -0.2) is 42.9 Å². The van der Waals surface area contributed by atoms with Crippen LogP contribution in [0.5, 0.6) is 0 Å². The molecule has 0 bridgehead atoms. The van der Waals surface area contributed by atoms with Crippen molar-refractivity contribution in [1.29, 1.82) is 0 Å². The highest BCUT2D eigenvalue weighted by atomic mass is 35.5. The number of hydrogen-bond donors (Lipinski definition) is 1. The average molecular weight is 462 g/mol.